The number of hydrogen-bond donors (Lipinski definition) is 0. The zero-order chi connectivity index (χ0) is 15.5. The maximum Gasteiger partial charge on any atom is 0.289 e. The minimum Gasteiger partial charge on any atom is -0.497 e. The highest BCUT2D eigenvalue weighted by Gasteiger charge is 2.30. The Hall–Kier alpha value is -2.23. The Labute approximate surface area is 130 Å². The van der Waals surface area contributed by atoms with Crippen LogP contribution in [0.5, 0.6) is 5.75 Å². The molecule has 1 aliphatic heterocycles. The van der Waals surface area contributed by atoms with Crippen LogP contribution in [0, 0.1) is 6.92 Å². The fourth-order valence-electron chi connectivity index (χ4n) is 3.08. The third-order valence-corrected chi connectivity index (χ3v) is 4.19. The first-order valence-electron chi connectivity index (χ1n) is 7.67. The zero-order valence-corrected chi connectivity index (χ0v) is 13.0. The van der Waals surface area contributed by atoms with E-state index in [1.807, 2.05) is 36.1 Å². The van der Waals surface area contributed by atoms with Gasteiger partial charge < -0.3 is 14.1 Å². The molecule has 1 fully saturated rings. The molecule has 116 valence electrons. The Bertz CT molecular complexity index is 662. The number of methoxy groups -OCH3 is 1. The molecule has 0 bridgehead atoms. The molecule has 2 aromatic rings. The molecular weight excluding hydrogens is 278 g/mol. The first kappa shape index (κ1) is 14.7. The van der Waals surface area contributed by atoms with Gasteiger partial charge in [-0.15, -0.1) is 0 Å². The molecule has 2 heterocycles. The summed E-state index contributed by atoms with van der Waals surface area (Å²) < 4.78 is 10.8. The lowest BCUT2D eigenvalue weighted by Crippen LogP contribution is -2.36. The van der Waals surface area contributed by atoms with E-state index in [2.05, 4.69) is 6.07 Å². The molecule has 0 spiro atoms. The summed E-state index contributed by atoms with van der Waals surface area (Å²) in [6, 6.07) is 11.9. The van der Waals surface area contributed by atoms with Crippen molar-refractivity contribution in [3.63, 3.8) is 0 Å². The minimum absolute atomic E-state index is 0.00139. The van der Waals surface area contributed by atoms with E-state index in [4.69, 9.17) is 9.15 Å². The quantitative estimate of drug-likeness (QED) is 0.868. The molecule has 1 aliphatic rings. The van der Waals surface area contributed by atoms with Gasteiger partial charge in [0.05, 0.1) is 7.11 Å². The first-order valence-corrected chi connectivity index (χ1v) is 7.67. The fourth-order valence-corrected chi connectivity index (χ4v) is 3.08. The molecule has 1 aromatic carbocycles. The van der Waals surface area contributed by atoms with Gasteiger partial charge in [-0.25, -0.2) is 0 Å². The van der Waals surface area contributed by atoms with Gasteiger partial charge in [0.25, 0.3) is 5.91 Å². The Morgan fingerprint density at radius 3 is 2.95 bits per heavy atom. The Balaban J connectivity index is 1.74. The van der Waals surface area contributed by atoms with Crippen molar-refractivity contribution >= 4 is 5.91 Å². The van der Waals surface area contributed by atoms with Gasteiger partial charge in [0.1, 0.15) is 11.5 Å². The largest absolute Gasteiger partial charge is 0.497 e. The van der Waals surface area contributed by atoms with Gasteiger partial charge in [-0.3, -0.25) is 4.79 Å². The normalized spacial score (nSPS) is 17.7. The van der Waals surface area contributed by atoms with Gasteiger partial charge in [-0.1, -0.05) is 12.1 Å². The molecule has 1 amide bonds. The van der Waals surface area contributed by atoms with Gasteiger partial charge in [0.2, 0.25) is 0 Å². The Kier molecular flexibility index (Phi) is 4.18. The number of carbonyl (C=O) groups is 1. The number of nitrogens with zero attached hydrogens (tertiary/aromatic N) is 1. The van der Waals surface area contributed by atoms with E-state index < -0.39 is 0 Å². The molecule has 3 rings (SSSR count). The molecule has 0 radical (unpaired) electrons. The highest BCUT2D eigenvalue weighted by molar-refractivity contribution is 5.92. The maximum absolute atomic E-state index is 12.6. The lowest BCUT2D eigenvalue weighted by atomic mass is 10.0. The summed E-state index contributed by atoms with van der Waals surface area (Å²) in [5.74, 6) is 2.07. The predicted molar refractivity (Wildman–Crippen MR) is 84.2 cm³/mol. The average molecular weight is 299 g/mol. The van der Waals surface area contributed by atoms with Crippen LogP contribution in [0.4, 0.5) is 0 Å². The number of amides is 1. The molecule has 22 heavy (non-hydrogen) atoms. The standard InChI is InChI=1S/C18H21NO3/c1-13-8-9-17(22-13)18(20)19-10-4-6-15(19)11-14-5-3-7-16(12-14)21-2/h3,5,7-9,12,15H,4,6,10-11H2,1-2H3/t15-/m0/s1. The number of aryl methyl sites for hydroxylation is 1. The number of carbonyl (C=O) groups excluding carboxylic acids is 1. The van der Waals surface area contributed by atoms with Crippen molar-refractivity contribution in [1.82, 2.24) is 4.90 Å². The molecule has 1 aromatic heterocycles. The highest BCUT2D eigenvalue weighted by Crippen LogP contribution is 2.25. The molecule has 0 aliphatic carbocycles. The van der Waals surface area contributed by atoms with Crippen LogP contribution in [0.2, 0.25) is 0 Å². The molecular formula is C18H21NO3. The van der Waals surface area contributed by atoms with Crippen LogP contribution in [0.25, 0.3) is 0 Å². The molecule has 4 nitrogen and oxygen atoms in total. The molecule has 0 unspecified atom stereocenters. The van der Waals surface area contributed by atoms with Crippen LogP contribution >= 0.6 is 0 Å². The van der Waals surface area contributed by atoms with Crippen LogP contribution in [-0.4, -0.2) is 30.5 Å². The summed E-state index contributed by atoms with van der Waals surface area (Å²) in [7, 11) is 1.67. The van der Waals surface area contributed by atoms with Crippen molar-refractivity contribution in [2.24, 2.45) is 0 Å². The summed E-state index contributed by atoms with van der Waals surface area (Å²) in [4.78, 5) is 14.5. The van der Waals surface area contributed by atoms with E-state index in [1.54, 1.807) is 13.2 Å². The monoisotopic (exact) mass is 299 g/mol. The van der Waals surface area contributed by atoms with Gasteiger partial charge in [-0.05, 0) is 56.0 Å². The summed E-state index contributed by atoms with van der Waals surface area (Å²) in [5.41, 5.74) is 1.19. The fraction of sp³-hybridized carbons (Fsp3) is 0.389. The summed E-state index contributed by atoms with van der Waals surface area (Å²) in [5, 5.41) is 0. The van der Waals surface area contributed by atoms with Crippen molar-refractivity contribution < 1.29 is 13.9 Å². The third kappa shape index (κ3) is 3.01. The van der Waals surface area contributed by atoms with E-state index in [0.29, 0.717) is 5.76 Å². The number of rotatable bonds is 4. The minimum atomic E-state index is -0.00139. The smallest absolute Gasteiger partial charge is 0.289 e. The van der Waals surface area contributed by atoms with Crippen molar-refractivity contribution in [2.45, 2.75) is 32.2 Å². The van der Waals surface area contributed by atoms with E-state index >= 15 is 0 Å². The van der Waals surface area contributed by atoms with E-state index in [9.17, 15) is 4.79 Å². The molecule has 1 saturated heterocycles. The van der Waals surface area contributed by atoms with Crippen molar-refractivity contribution in [2.75, 3.05) is 13.7 Å². The van der Waals surface area contributed by atoms with Crippen LogP contribution in [0.15, 0.2) is 40.8 Å². The van der Waals surface area contributed by atoms with E-state index in [1.165, 1.54) is 5.56 Å². The second kappa shape index (κ2) is 6.26. The Morgan fingerprint density at radius 2 is 2.23 bits per heavy atom. The summed E-state index contributed by atoms with van der Waals surface area (Å²) in [6.45, 7) is 2.65. The van der Waals surface area contributed by atoms with Gasteiger partial charge in [0, 0.05) is 12.6 Å². The predicted octanol–water partition coefficient (Wildman–Crippen LogP) is 3.44. The average Bonchev–Trinajstić information content (AvgIpc) is 3.16. The first-order chi connectivity index (χ1) is 10.7. The Morgan fingerprint density at radius 1 is 1.36 bits per heavy atom. The van der Waals surface area contributed by atoms with Crippen LogP contribution in [-0.2, 0) is 6.42 Å². The molecule has 4 heteroatoms. The number of hydrogen-bond acceptors (Lipinski definition) is 3. The third-order valence-electron chi connectivity index (χ3n) is 4.19. The lowest BCUT2D eigenvalue weighted by molar-refractivity contribution is 0.0703. The number of likely N-dealkylation sites (tertiary alicyclic amines) is 1. The van der Waals surface area contributed by atoms with Crippen molar-refractivity contribution in [3.05, 3.63) is 53.5 Å². The molecule has 0 N–H and O–H groups in total. The van der Waals surface area contributed by atoms with Gasteiger partial charge in [0.15, 0.2) is 5.76 Å². The van der Waals surface area contributed by atoms with E-state index in [-0.39, 0.29) is 11.9 Å². The maximum atomic E-state index is 12.6. The lowest BCUT2D eigenvalue weighted by Gasteiger charge is -2.24. The van der Waals surface area contributed by atoms with Crippen molar-refractivity contribution in [1.29, 1.82) is 0 Å². The number of furan rings is 1. The van der Waals surface area contributed by atoms with Crippen LogP contribution in [0.3, 0.4) is 0 Å². The summed E-state index contributed by atoms with van der Waals surface area (Å²) in [6.07, 6.45) is 2.92. The SMILES string of the molecule is COc1cccc(C[C@@H]2CCCN2C(=O)c2ccc(C)o2)c1. The topological polar surface area (TPSA) is 42.7 Å². The molecule has 1 atom stereocenters. The van der Waals surface area contributed by atoms with E-state index in [0.717, 1.165) is 37.3 Å². The van der Waals surface area contributed by atoms with Gasteiger partial charge in [-0.2, -0.15) is 0 Å². The second-order valence-corrected chi connectivity index (χ2v) is 5.76. The summed E-state index contributed by atoms with van der Waals surface area (Å²) >= 11 is 0. The number of ether oxygens (including phenoxy) is 1. The zero-order valence-electron chi connectivity index (χ0n) is 13.0. The van der Waals surface area contributed by atoms with Crippen molar-refractivity contribution in [3.8, 4) is 5.75 Å². The van der Waals surface area contributed by atoms with Crippen LogP contribution in [0.1, 0.15) is 34.7 Å². The van der Waals surface area contributed by atoms with Gasteiger partial charge >= 0.3 is 0 Å². The number of benzene rings is 1. The highest BCUT2D eigenvalue weighted by atomic mass is 16.5. The molecule has 0 saturated carbocycles. The van der Waals surface area contributed by atoms with Crippen LogP contribution < -0.4 is 4.74 Å². The second-order valence-electron chi connectivity index (χ2n) is 5.76.